The maximum atomic E-state index is 3.56. The summed E-state index contributed by atoms with van der Waals surface area (Å²) in [6, 6.07) is 9.06. The van der Waals surface area contributed by atoms with E-state index in [1.165, 1.54) is 23.3 Å². The van der Waals surface area contributed by atoms with Crippen molar-refractivity contribution in [3.8, 4) is 0 Å². The molecule has 1 N–H and O–H groups in total. The minimum Gasteiger partial charge on any atom is -0.310 e. The number of hydrogen-bond donors (Lipinski definition) is 1. The molecular formula is C13H21NS. The number of thioether (sulfide) groups is 1. The highest BCUT2D eigenvalue weighted by atomic mass is 32.2. The summed E-state index contributed by atoms with van der Waals surface area (Å²) in [4.78, 5) is 0. The van der Waals surface area contributed by atoms with Crippen LogP contribution in [-0.4, -0.2) is 18.6 Å². The van der Waals surface area contributed by atoms with Crippen LogP contribution in [0.3, 0.4) is 0 Å². The quantitative estimate of drug-likeness (QED) is 0.742. The Labute approximate surface area is 97.7 Å². The van der Waals surface area contributed by atoms with Gasteiger partial charge in [-0.1, -0.05) is 24.3 Å². The average molecular weight is 223 g/mol. The summed E-state index contributed by atoms with van der Waals surface area (Å²) < 4.78 is 0. The Morgan fingerprint density at radius 1 is 1.33 bits per heavy atom. The normalized spacial score (nSPS) is 12.7. The Morgan fingerprint density at radius 2 is 2.07 bits per heavy atom. The highest BCUT2D eigenvalue weighted by molar-refractivity contribution is 7.98. The van der Waals surface area contributed by atoms with Crippen molar-refractivity contribution in [1.29, 1.82) is 0 Å². The summed E-state index contributed by atoms with van der Waals surface area (Å²) in [5.74, 6) is 1.24. The zero-order valence-corrected chi connectivity index (χ0v) is 10.7. The molecule has 2 heteroatoms. The van der Waals surface area contributed by atoms with E-state index < -0.39 is 0 Å². The van der Waals surface area contributed by atoms with Crippen LogP contribution >= 0.6 is 11.8 Å². The minimum atomic E-state index is 0.466. The number of benzene rings is 1. The molecular weight excluding hydrogens is 202 g/mol. The third-order valence-electron chi connectivity index (χ3n) is 2.63. The first-order valence-electron chi connectivity index (χ1n) is 5.53. The molecule has 0 spiro atoms. The standard InChI is InChI=1S/C13H21NS/c1-11-7-4-5-8-13(11)12(2)14-9-6-10-15-3/h4-5,7-8,12,14H,6,9-10H2,1-3H3. The van der Waals surface area contributed by atoms with E-state index in [0.29, 0.717) is 6.04 Å². The first kappa shape index (κ1) is 12.6. The highest BCUT2D eigenvalue weighted by Crippen LogP contribution is 2.16. The van der Waals surface area contributed by atoms with E-state index in [0.717, 1.165) is 6.54 Å². The van der Waals surface area contributed by atoms with Crippen molar-refractivity contribution in [2.75, 3.05) is 18.6 Å². The molecule has 0 bridgehead atoms. The second-order valence-corrected chi connectivity index (χ2v) is 4.86. The summed E-state index contributed by atoms with van der Waals surface area (Å²) in [6.45, 7) is 5.52. The lowest BCUT2D eigenvalue weighted by Crippen LogP contribution is -2.20. The zero-order chi connectivity index (χ0) is 11.1. The first-order valence-corrected chi connectivity index (χ1v) is 6.93. The Balaban J connectivity index is 2.40. The summed E-state index contributed by atoms with van der Waals surface area (Å²) in [5, 5.41) is 3.56. The molecule has 1 nitrogen and oxygen atoms in total. The predicted octanol–water partition coefficient (Wildman–Crippen LogP) is 3.40. The largest absolute Gasteiger partial charge is 0.310 e. The molecule has 1 aromatic carbocycles. The summed E-state index contributed by atoms with van der Waals surface area (Å²) in [7, 11) is 0. The fourth-order valence-electron chi connectivity index (χ4n) is 1.72. The van der Waals surface area contributed by atoms with Gasteiger partial charge in [-0.3, -0.25) is 0 Å². The van der Waals surface area contributed by atoms with Gasteiger partial charge in [-0.15, -0.1) is 0 Å². The van der Waals surface area contributed by atoms with E-state index >= 15 is 0 Å². The third-order valence-corrected chi connectivity index (χ3v) is 3.33. The van der Waals surface area contributed by atoms with Crippen molar-refractivity contribution in [3.63, 3.8) is 0 Å². The lowest BCUT2D eigenvalue weighted by atomic mass is 10.0. The summed E-state index contributed by atoms with van der Waals surface area (Å²) >= 11 is 1.91. The van der Waals surface area contributed by atoms with Crippen molar-refractivity contribution in [2.24, 2.45) is 0 Å². The Hall–Kier alpha value is -0.470. The van der Waals surface area contributed by atoms with Gasteiger partial charge in [-0.05, 0) is 49.9 Å². The van der Waals surface area contributed by atoms with E-state index in [-0.39, 0.29) is 0 Å². The second kappa shape index (κ2) is 6.91. The van der Waals surface area contributed by atoms with Gasteiger partial charge in [0, 0.05) is 6.04 Å². The fourth-order valence-corrected chi connectivity index (χ4v) is 2.15. The van der Waals surface area contributed by atoms with Crippen molar-refractivity contribution in [1.82, 2.24) is 5.32 Å². The van der Waals surface area contributed by atoms with Gasteiger partial charge in [0.15, 0.2) is 0 Å². The molecule has 1 atom stereocenters. The fraction of sp³-hybridized carbons (Fsp3) is 0.538. The van der Waals surface area contributed by atoms with Gasteiger partial charge in [0.1, 0.15) is 0 Å². The zero-order valence-electron chi connectivity index (χ0n) is 9.92. The number of hydrogen-bond acceptors (Lipinski definition) is 2. The van der Waals surface area contributed by atoms with Gasteiger partial charge < -0.3 is 5.32 Å². The molecule has 0 aliphatic rings. The number of aryl methyl sites for hydroxylation is 1. The molecule has 0 radical (unpaired) electrons. The lowest BCUT2D eigenvalue weighted by molar-refractivity contribution is 0.570. The van der Waals surface area contributed by atoms with Gasteiger partial charge in [0.05, 0.1) is 0 Å². The van der Waals surface area contributed by atoms with Gasteiger partial charge in [-0.2, -0.15) is 11.8 Å². The molecule has 0 heterocycles. The summed E-state index contributed by atoms with van der Waals surface area (Å²) in [6.07, 6.45) is 3.40. The Kier molecular flexibility index (Phi) is 5.81. The van der Waals surface area contributed by atoms with Crippen LogP contribution in [0.15, 0.2) is 24.3 Å². The maximum Gasteiger partial charge on any atom is 0.0294 e. The van der Waals surface area contributed by atoms with Crippen LogP contribution in [0, 0.1) is 6.92 Å². The molecule has 0 saturated carbocycles. The Bertz CT molecular complexity index is 286. The molecule has 0 aliphatic carbocycles. The van der Waals surface area contributed by atoms with Crippen molar-refractivity contribution in [2.45, 2.75) is 26.3 Å². The topological polar surface area (TPSA) is 12.0 Å². The predicted molar refractivity (Wildman–Crippen MR) is 70.6 cm³/mol. The SMILES string of the molecule is CSCCCNC(C)c1ccccc1C. The molecule has 1 unspecified atom stereocenters. The van der Waals surface area contributed by atoms with E-state index in [1.54, 1.807) is 0 Å². The van der Waals surface area contributed by atoms with Crippen LogP contribution in [0.4, 0.5) is 0 Å². The molecule has 1 aromatic rings. The highest BCUT2D eigenvalue weighted by Gasteiger charge is 2.05. The minimum absolute atomic E-state index is 0.466. The van der Waals surface area contributed by atoms with Crippen molar-refractivity contribution >= 4 is 11.8 Å². The van der Waals surface area contributed by atoms with Crippen molar-refractivity contribution < 1.29 is 0 Å². The molecule has 15 heavy (non-hydrogen) atoms. The monoisotopic (exact) mass is 223 g/mol. The van der Waals surface area contributed by atoms with E-state index in [1.807, 2.05) is 11.8 Å². The van der Waals surface area contributed by atoms with Gasteiger partial charge in [-0.25, -0.2) is 0 Å². The summed E-state index contributed by atoms with van der Waals surface area (Å²) in [5.41, 5.74) is 2.80. The molecule has 0 fully saturated rings. The van der Waals surface area contributed by atoms with Gasteiger partial charge in [0.2, 0.25) is 0 Å². The average Bonchev–Trinajstić information content (AvgIpc) is 2.25. The van der Waals surface area contributed by atoms with Crippen LogP contribution in [0.1, 0.15) is 30.5 Å². The van der Waals surface area contributed by atoms with E-state index in [4.69, 9.17) is 0 Å². The maximum absolute atomic E-state index is 3.56. The van der Waals surface area contributed by atoms with E-state index in [2.05, 4.69) is 49.7 Å². The molecule has 1 rings (SSSR count). The van der Waals surface area contributed by atoms with Crippen LogP contribution in [0.5, 0.6) is 0 Å². The van der Waals surface area contributed by atoms with Crippen LogP contribution < -0.4 is 5.32 Å². The molecule has 0 aliphatic heterocycles. The second-order valence-electron chi connectivity index (χ2n) is 3.88. The first-order chi connectivity index (χ1) is 7.25. The smallest absolute Gasteiger partial charge is 0.0294 e. The van der Waals surface area contributed by atoms with Crippen LogP contribution in [0.25, 0.3) is 0 Å². The lowest BCUT2D eigenvalue weighted by Gasteiger charge is -2.16. The Morgan fingerprint density at radius 3 is 2.73 bits per heavy atom. The molecule has 84 valence electrons. The van der Waals surface area contributed by atoms with Crippen LogP contribution in [0.2, 0.25) is 0 Å². The van der Waals surface area contributed by atoms with Gasteiger partial charge >= 0.3 is 0 Å². The van der Waals surface area contributed by atoms with Gasteiger partial charge in [0.25, 0.3) is 0 Å². The van der Waals surface area contributed by atoms with E-state index in [9.17, 15) is 0 Å². The van der Waals surface area contributed by atoms with Crippen molar-refractivity contribution in [3.05, 3.63) is 35.4 Å². The molecule has 0 saturated heterocycles. The number of nitrogens with one attached hydrogen (secondary N) is 1. The number of rotatable bonds is 6. The molecule has 0 amide bonds. The third kappa shape index (κ3) is 4.27. The molecule has 0 aromatic heterocycles. The van der Waals surface area contributed by atoms with Crippen LogP contribution in [-0.2, 0) is 0 Å².